The van der Waals surface area contributed by atoms with Crippen LogP contribution in [0.2, 0.25) is 0 Å². The minimum atomic E-state index is -0.139. The Balaban J connectivity index is 2.11. The third-order valence-corrected chi connectivity index (χ3v) is 2.19. The van der Waals surface area contributed by atoms with Crippen LogP contribution < -0.4 is 5.32 Å². The van der Waals surface area contributed by atoms with Gasteiger partial charge in [0.1, 0.15) is 0 Å². The van der Waals surface area contributed by atoms with E-state index in [1.54, 1.807) is 19.2 Å². The molecule has 1 amide bonds. The summed E-state index contributed by atoms with van der Waals surface area (Å²) in [5, 5.41) is 2.74. The number of carbonyl (C=O) groups is 1. The molecule has 0 fully saturated rings. The fourth-order valence-electron chi connectivity index (χ4n) is 1.41. The molecule has 0 atom stereocenters. The zero-order valence-electron chi connectivity index (χ0n) is 9.38. The van der Waals surface area contributed by atoms with Crippen molar-refractivity contribution in [2.24, 2.45) is 0 Å². The van der Waals surface area contributed by atoms with Crippen molar-refractivity contribution in [1.82, 2.24) is 4.98 Å². The molecule has 1 aromatic carbocycles. The van der Waals surface area contributed by atoms with Crippen LogP contribution in [0.1, 0.15) is 6.92 Å². The van der Waals surface area contributed by atoms with Gasteiger partial charge in [0.2, 0.25) is 5.91 Å². The third-order valence-electron chi connectivity index (χ3n) is 2.19. The molecule has 1 aromatic heterocycles. The number of anilines is 1. The van der Waals surface area contributed by atoms with Gasteiger partial charge >= 0.3 is 0 Å². The first-order valence-corrected chi connectivity index (χ1v) is 5.22. The summed E-state index contributed by atoms with van der Waals surface area (Å²) in [6.45, 7) is 1.80. The summed E-state index contributed by atoms with van der Waals surface area (Å²) in [7, 11) is 0. The van der Waals surface area contributed by atoms with Crippen molar-refractivity contribution in [2.75, 3.05) is 5.32 Å². The molecule has 1 N–H and O–H groups in total. The smallest absolute Gasteiger partial charge is 0.248 e. The Morgan fingerprint density at radius 2 is 2.12 bits per heavy atom. The van der Waals surface area contributed by atoms with Gasteiger partial charge in [-0.15, -0.1) is 0 Å². The minimum absolute atomic E-state index is 0.139. The van der Waals surface area contributed by atoms with E-state index in [0.717, 1.165) is 11.3 Å². The van der Waals surface area contributed by atoms with Crippen molar-refractivity contribution in [3.63, 3.8) is 0 Å². The largest absolute Gasteiger partial charge is 0.444 e. The fourth-order valence-corrected chi connectivity index (χ4v) is 1.41. The molecule has 17 heavy (non-hydrogen) atoms. The highest BCUT2D eigenvalue weighted by Gasteiger charge is 2.02. The molecular weight excluding hydrogens is 216 g/mol. The molecule has 0 bridgehead atoms. The number of benzene rings is 1. The maximum atomic E-state index is 11.3. The van der Waals surface area contributed by atoms with Crippen LogP contribution in [0.15, 0.2) is 53.4 Å². The van der Waals surface area contributed by atoms with Gasteiger partial charge in [-0.1, -0.05) is 6.08 Å². The molecule has 0 aliphatic rings. The first-order valence-electron chi connectivity index (χ1n) is 5.22. The van der Waals surface area contributed by atoms with Gasteiger partial charge in [-0.05, 0) is 37.3 Å². The lowest BCUT2D eigenvalue weighted by Gasteiger charge is -2.02. The van der Waals surface area contributed by atoms with Gasteiger partial charge in [-0.3, -0.25) is 4.79 Å². The number of allylic oxidation sites excluding steroid dienone is 1. The second-order valence-corrected chi connectivity index (χ2v) is 3.43. The van der Waals surface area contributed by atoms with Crippen LogP contribution in [0.4, 0.5) is 5.69 Å². The molecule has 86 valence electrons. The summed E-state index contributed by atoms with van der Waals surface area (Å²) in [6.07, 6.45) is 6.20. The summed E-state index contributed by atoms with van der Waals surface area (Å²) >= 11 is 0. The van der Waals surface area contributed by atoms with Gasteiger partial charge in [-0.25, -0.2) is 4.98 Å². The highest BCUT2D eigenvalue weighted by atomic mass is 16.3. The highest BCUT2D eigenvalue weighted by Crippen LogP contribution is 2.20. The number of nitrogens with zero attached hydrogens (tertiary/aromatic N) is 1. The average molecular weight is 228 g/mol. The Kier molecular flexibility index (Phi) is 3.35. The molecule has 0 radical (unpaired) electrons. The van der Waals surface area contributed by atoms with E-state index in [2.05, 4.69) is 10.3 Å². The zero-order valence-corrected chi connectivity index (χ0v) is 9.38. The Bertz CT molecular complexity index is 513. The second-order valence-electron chi connectivity index (χ2n) is 3.43. The van der Waals surface area contributed by atoms with Crippen molar-refractivity contribution in [3.8, 4) is 11.3 Å². The van der Waals surface area contributed by atoms with E-state index in [0.29, 0.717) is 5.76 Å². The zero-order chi connectivity index (χ0) is 12.1. The van der Waals surface area contributed by atoms with Crippen LogP contribution in [-0.2, 0) is 4.79 Å². The standard InChI is InChI=1S/C13H12N2O2/c1-2-3-13(16)15-11-6-4-10(5-7-11)12-8-14-9-17-12/h2-9H,1H3,(H,15,16). The normalized spacial score (nSPS) is 10.6. The van der Waals surface area contributed by atoms with E-state index in [4.69, 9.17) is 4.42 Å². The predicted molar refractivity (Wildman–Crippen MR) is 65.4 cm³/mol. The van der Waals surface area contributed by atoms with Gasteiger partial charge < -0.3 is 9.73 Å². The maximum absolute atomic E-state index is 11.3. The maximum Gasteiger partial charge on any atom is 0.248 e. The number of amides is 1. The Morgan fingerprint density at radius 1 is 1.35 bits per heavy atom. The number of hydrogen-bond acceptors (Lipinski definition) is 3. The van der Waals surface area contributed by atoms with E-state index in [1.165, 1.54) is 12.5 Å². The molecule has 0 saturated carbocycles. The molecule has 2 rings (SSSR count). The van der Waals surface area contributed by atoms with Crippen molar-refractivity contribution in [3.05, 3.63) is 49.0 Å². The monoisotopic (exact) mass is 228 g/mol. The molecule has 0 spiro atoms. The predicted octanol–water partition coefficient (Wildman–Crippen LogP) is 2.86. The Morgan fingerprint density at radius 3 is 2.71 bits per heavy atom. The average Bonchev–Trinajstić information content (AvgIpc) is 2.84. The van der Waals surface area contributed by atoms with E-state index < -0.39 is 0 Å². The van der Waals surface area contributed by atoms with Crippen LogP contribution in [0.5, 0.6) is 0 Å². The molecule has 0 aliphatic heterocycles. The first kappa shape index (κ1) is 11.1. The van der Waals surface area contributed by atoms with E-state index in [9.17, 15) is 4.79 Å². The number of carbonyl (C=O) groups excluding carboxylic acids is 1. The molecule has 1 heterocycles. The van der Waals surface area contributed by atoms with Crippen molar-refractivity contribution in [2.45, 2.75) is 6.92 Å². The number of rotatable bonds is 3. The third kappa shape index (κ3) is 2.81. The fraction of sp³-hybridized carbons (Fsp3) is 0.0769. The first-order chi connectivity index (χ1) is 8.29. The number of oxazole rings is 1. The molecular formula is C13H12N2O2. The number of hydrogen-bond donors (Lipinski definition) is 1. The Hall–Kier alpha value is -2.36. The van der Waals surface area contributed by atoms with Crippen LogP contribution in [-0.4, -0.2) is 10.9 Å². The van der Waals surface area contributed by atoms with E-state index in [-0.39, 0.29) is 5.91 Å². The van der Waals surface area contributed by atoms with Gasteiger partial charge in [0.25, 0.3) is 0 Å². The van der Waals surface area contributed by atoms with Crippen molar-refractivity contribution >= 4 is 11.6 Å². The number of nitrogens with one attached hydrogen (secondary N) is 1. The van der Waals surface area contributed by atoms with E-state index >= 15 is 0 Å². The molecule has 4 heteroatoms. The molecule has 0 saturated heterocycles. The summed E-state index contributed by atoms with van der Waals surface area (Å²) in [6, 6.07) is 7.37. The lowest BCUT2D eigenvalue weighted by Crippen LogP contribution is -2.07. The van der Waals surface area contributed by atoms with Crippen LogP contribution in [0.3, 0.4) is 0 Å². The SMILES string of the molecule is CC=CC(=O)Nc1ccc(-c2cnco2)cc1. The Labute approximate surface area is 99.0 Å². The quantitative estimate of drug-likeness (QED) is 0.822. The van der Waals surface area contributed by atoms with Crippen LogP contribution in [0.25, 0.3) is 11.3 Å². The molecule has 4 nitrogen and oxygen atoms in total. The minimum Gasteiger partial charge on any atom is -0.444 e. The van der Waals surface area contributed by atoms with Crippen LogP contribution >= 0.6 is 0 Å². The van der Waals surface area contributed by atoms with Gasteiger partial charge in [0.15, 0.2) is 12.2 Å². The molecule has 0 unspecified atom stereocenters. The summed E-state index contributed by atoms with van der Waals surface area (Å²) in [5.41, 5.74) is 1.67. The lowest BCUT2D eigenvalue weighted by atomic mass is 10.1. The van der Waals surface area contributed by atoms with Crippen LogP contribution in [0, 0.1) is 0 Å². The van der Waals surface area contributed by atoms with Crippen molar-refractivity contribution < 1.29 is 9.21 Å². The lowest BCUT2D eigenvalue weighted by molar-refractivity contribution is -0.111. The van der Waals surface area contributed by atoms with Crippen molar-refractivity contribution in [1.29, 1.82) is 0 Å². The molecule has 0 aliphatic carbocycles. The van der Waals surface area contributed by atoms with Gasteiger partial charge in [0, 0.05) is 11.3 Å². The second kappa shape index (κ2) is 5.12. The number of aromatic nitrogens is 1. The van der Waals surface area contributed by atoms with Gasteiger partial charge in [-0.2, -0.15) is 0 Å². The summed E-state index contributed by atoms with van der Waals surface area (Å²) in [4.78, 5) is 15.1. The molecule has 2 aromatic rings. The summed E-state index contributed by atoms with van der Waals surface area (Å²) < 4.78 is 5.17. The summed E-state index contributed by atoms with van der Waals surface area (Å²) in [5.74, 6) is 0.566. The topological polar surface area (TPSA) is 55.1 Å². The van der Waals surface area contributed by atoms with E-state index in [1.807, 2.05) is 24.3 Å². The highest BCUT2D eigenvalue weighted by molar-refractivity contribution is 5.99. The van der Waals surface area contributed by atoms with Gasteiger partial charge in [0.05, 0.1) is 6.20 Å².